The zero-order chi connectivity index (χ0) is 26.6. The van der Waals surface area contributed by atoms with Crippen molar-refractivity contribution in [3.63, 3.8) is 0 Å². The Hall–Kier alpha value is -1.68. The molecule has 2 aromatic heterocycles. The number of aromatic nitrogens is 4. The maximum atomic E-state index is 12.8. The average molecular weight is 467 g/mol. The van der Waals surface area contributed by atoms with E-state index in [1.807, 2.05) is 4.90 Å². The number of nitrogens with one attached hydrogen (secondary N) is 1. The topological polar surface area (TPSA) is 110 Å². The predicted molar refractivity (Wildman–Crippen MR) is 118 cm³/mol. The molecule has 10 heteroatoms. The highest BCUT2D eigenvalue weighted by molar-refractivity contribution is 7.91. The summed E-state index contributed by atoms with van der Waals surface area (Å²) in [6.45, 7) is 0.357. The van der Waals surface area contributed by atoms with Crippen LogP contribution in [-0.4, -0.2) is 60.6 Å². The molecule has 0 bridgehead atoms. The molecule has 0 unspecified atom stereocenters. The highest BCUT2D eigenvalue weighted by Crippen LogP contribution is 2.56. The Morgan fingerprint density at radius 1 is 1.29 bits per heavy atom. The molecule has 164 valence electrons. The van der Waals surface area contributed by atoms with Gasteiger partial charge < -0.3 is 19.9 Å². The highest BCUT2D eigenvalue weighted by Gasteiger charge is 2.54. The minimum absolute atomic E-state index is 0.0184. The zero-order valence-electron chi connectivity index (χ0n) is 22.6. The number of aliphatic hydroxyl groups is 1. The van der Waals surface area contributed by atoms with Crippen LogP contribution in [0.15, 0.2) is 17.3 Å². The fraction of sp³-hybridized carbons (Fsp3) is 0.619. The van der Waals surface area contributed by atoms with Crippen molar-refractivity contribution in [2.24, 2.45) is 5.41 Å². The van der Waals surface area contributed by atoms with E-state index in [1.165, 1.54) is 0 Å². The van der Waals surface area contributed by atoms with Crippen LogP contribution in [0, 0.1) is 5.41 Å². The van der Waals surface area contributed by atoms with Crippen molar-refractivity contribution in [2.75, 3.05) is 35.7 Å². The summed E-state index contributed by atoms with van der Waals surface area (Å²) in [7, 11) is 0. The lowest BCUT2D eigenvalue weighted by Gasteiger charge is -2.58. The molecule has 3 fully saturated rings. The third kappa shape index (κ3) is 3.28. The molecule has 4 heterocycles. The summed E-state index contributed by atoms with van der Waals surface area (Å²) in [6.07, 6.45) is -2.95. The van der Waals surface area contributed by atoms with Gasteiger partial charge in [-0.2, -0.15) is 4.98 Å². The molecule has 2 saturated carbocycles. The third-order valence-corrected chi connectivity index (χ3v) is 8.15. The first kappa shape index (κ1) is 14.5. The number of fused-ring (bicyclic) bond motifs is 1. The van der Waals surface area contributed by atoms with Gasteiger partial charge in [0.1, 0.15) is 17.3 Å². The van der Waals surface area contributed by atoms with Crippen LogP contribution in [0.25, 0.3) is 0 Å². The summed E-state index contributed by atoms with van der Waals surface area (Å²) in [5.74, 6) is 1.67. The van der Waals surface area contributed by atoms with Crippen LogP contribution in [0.5, 0.6) is 0 Å². The lowest BCUT2D eigenvalue weighted by Crippen LogP contribution is -2.62. The minimum atomic E-state index is -2.85. The first-order valence-electron chi connectivity index (χ1n) is 13.2. The highest BCUT2D eigenvalue weighted by atomic mass is 35.5. The monoisotopic (exact) mass is 466 g/mol. The Morgan fingerprint density at radius 2 is 2.03 bits per heavy atom. The smallest absolute Gasteiger partial charge is 0.227 e. The molecule has 8 nitrogen and oxygen atoms in total. The first-order valence-corrected chi connectivity index (χ1v) is 11.9. The van der Waals surface area contributed by atoms with Crippen molar-refractivity contribution >= 4 is 34.5 Å². The van der Waals surface area contributed by atoms with Gasteiger partial charge in [-0.1, -0.05) is 11.6 Å². The maximum Gasteiger partial charge on any atom is 0.227 e. The van der Waals surface area contributed by atoms with Crippen LogP contribution in [0.1, 0.15) is 57.6 Å². The van der Waals surface area contributed by atoms with Crippen LogP contribution < -0.4 is 10.2 Å². The maximum absolute atomic E-state index is 12.8. The van der Waals surface area contributed by atoms with Crippen molar-refractivity contribution in [2.45, 2.75) is 54.7 Å². The molecule has 2 N–H and O–H groups in total. The van der Waals surface area contributed by atoms with E-state index < -0.39 is 42.4 Å². The van der Waals surface area contributed by atoms with Crippen LogP contribution in [-0.2, 0) is 17.6 Å². The van der Waals surface area contributed by atoms with E-state index in [1.54, 1.807) is 12.4 Å². The van der Waals surface area contributed by atoms with Gasteiger partial charge in [0.15, 0.2) is 5.82 Å². The average Bonchev–Trinajstić information content (AvgIpc) is 3.16. The van der Waals surface area contributed by atoms with Crippen LogP contribution in [0.2, 0.25) is 5.02 Å². The fourth-order valence-electron chi connectivity index (χ4n) is 4.87. The Balaban J connectivity index is 1.25. The van der Waals surface area contributed by atoms with Gasteiger partial charge in [-0.25, -0.2) is 15.0 Å². The number of nitrogens with zero attached hydrogens (tertiary/aromatic N) is 5. The standard InChI is InChI=1S/C21H25ClN6O2S/c22-14-8-23-17(24-9-14)13-6-20(7-13)10-28(11-20)19-25-15-2-5-31(30)16(15)18(26-19)27-21(12-29)3-1-4-21/h8-9,13,29H,1-7,10-12H2,(H,25,26,27)/t31-/m1/s1/i1D2,3D2,4D2. The lowest BCUT2D eigenvalue weighted by molar-refractivity contribution is 0.0582. The number of halogens is 1. The molecule has 0 amide bonds. The van der Waals surface area contributed by atoms with Crippen LogP contribution in [0.4, 0.5) is 11.8 Å². The Morgan fingerprint density at radius 3 is 2.74 bits per heavy atom. The van der Waals surface area contributed by atoms with Crippen LogP contribution >= 0.6 is 11.6 Å². The summed E-state index contributed by atoms with van der Waals surface area (Å²) < 4.78 is 61.8. The molecule has 2 aromatic rings. The summed E-state index contributed by atoms with van der Waals surface area (Å²) >= 11 is 4.40. The van der Waals surface area contributed by atoms with Gasteiger partial charge in [0.25, 0.3) is 0 Å². The van der Waals surface area contributed by atoms with Crippen molar-refractivity contribution in [3.8, 4) is 0 Å². The number of anilines is 2. The zero-order valence-corrected chi connectivity index (χ0v) is 18.1. The fourth-order valence-corrected chi connectivity index (χ4v) is 6.27. The number of hydrogen-bond donors (Lipinski definition) is 2. The molecular weight excluding hydrogens is 436 g/mol. The number of rotatable bonds is 5. The lowest BCUT2D eigenvalue weighted by atomic mass is 9.57. The first-order chi connectivity index (χ1) is 17.3. The van der Waals surface area contributed by atoms with Gasteiger partial charge >= 0.3 is 0 Å². The van der Waals surface area contributed by atoms with Gasteiger partial charge in [-0.3, -0.25) is 0 Å². The molecular formula is C21H25ClN6O2S. The van der Waals surface area contributed by atoms with Crippen molar-refractivity contribution in [3.05, 3.63) is 28.9 Å². The van der Waals surface area contributed by atoms with Gasteiger partial charge in [-0.15, -0.1) is 0 Å². The molecule has 0 aromatic carbocycles. The van der Waals surface area contributed by atoms with E-state index >= 15 is 0 Å². The second-order valence-corrected chi connectivity index (χ2v) is 10.7. The molecule has 1 spiro atoms. The number of aryl methyl sites for hydroxylation is 1. The Kier molecular flexibility index (Phi) is 3.34. The van der Waals surface area contributed by atoms with Crippen molar-refractivity contribution in [1.82, 2.24) is 19.9 Å². The Bertz CT molecular complexity index is 1240. The van der Waals surface area contributed by atoms with Crippen LogP contribution in [0.3, 0.4) is 0 Å². The minimum Gasteiger partial charge on any atom is -0.611 e. The van der Waals surface area contributed by atoms with E-state index in [2.05, 4.69) is 25.3 Å². The van der Waals surface area contributed by atoms with Gasteiger partial charge in [0, 0.05) is 51.5 Å². The largest absolute Gasteiger partial charge is 0.611 e. The van der Waals surface area contributed by atoms with Gasteiger partial charge in [0.2, 0.25) is 10.8 Å². The molecule has 1 atom stereocenters. The van der Waals surface area contributed by atoms with Crippen molar-refractivity contribution in [1.29, 1.82) is 0 Å². The SMILES string of the molecule is [2H]C1([2H])C([2H])([2H])C(CO)(Nc2nc(N3CC4(CC(c5ncc(Cl)cn5)C4)C3)nc3c2[S@+]([O-])CC3)C1([2H])[2H]. The summed E-state index contributed by atoms with van der Waals surface area (Å²) in [5.41, 5.74) is -1.70. The summed E-state index contributed by atoms with van der Waals surface area (Å²) in [6, 6.07) is 0. The Labute approximate surface area is 197 Å². The molecule has 0 radical (unpaired) electrons. The molecule has 31 heavy (non-hydrogen) atoms. The van der Waals surface area contributed by atoms with E-state index in [0.29, 0.717) is 41.9 Å². The van der Waals surface area contributed by atoms with E-state index in [4.69, 9.17) is 19.8 Å². The number of aliphatic hydroxyl groups excluding tert-OH is 1. The van der Waals surface area contributed by atoms with Gasteiger partial charge in [-0.05, 0) is 43.1 Å². The normalized spacial score (nSPS) is 33.3. The molecule has 2 aliphatic carbocycles. The third-order valence-electron chi connectivity index (χ3n) is 6.50. The van der Waals surface area contributed by atoms with Gasteiger partial charge in [0.05, 0.1) is 17.2 Å². The van der Waals surface area contributed by atoms with E-state index in [0.717, 1.165) is 18.7 Å². The number of hydrogen-bond acceptors (Lipinski definition) is 8. The molecule has 4 aliphatic rings. The van der Waals surface area contributed by atoms with Crippen molar-refractivity contribution < 1.29 is 17.9 Å². The molecule has 2 aliphatic heterocycles. The van der Waals surface area contributed by atoms with E-state index in [-0.39, 0.29) is 22.0 Å². The second-order valence-electron chi connectivity index (χ2n) is 8.73. The second kappa shape index (κ2) is 7.16. The molecule has 1 saturated heterocycles. The van der Waals surface area contributed by atoms with E-state index in [9.17, 15) is 9.66 Å². The molecule has 6 rings (SSSR count). The summed E-state index contributed by atoms with van der Waals surface area (Å²) in [4.78, 5) is 20.0. The summed E-state index contributed by atoms with van der Waals surface area (Å²) in [5, 5.41) is 13.3. The predicted octanol–water partition coefficient (Wildman–Crippen LogP) is 2.29. The quantitative estimate of drug-likeness (QED) is 0.646.